The minimum Gasteiger partial charge on any atom is -0.436 e. The van der Waals surface area contributed by atoms with Gasteiger partial charge in [-0.25, -0.2) is 4.98 Å². The van der Waals surface area contributed by atoms with E-state index in [9.17, 15) is 4.79 Å². The molecule has 0 fully saturated rings. The zero-order chi connectivity index (χ0) is 22.1. The Morgan fingerprint density at radius 3 is 2.58 bits per heavy atom. The first kappa shape index (κ1) is 21.3. The van der Waals surface area contributed by atoms with E-state index in [-0.39, 0.29) is 11.0 Å². The Bertz CT molecular complexity index is 1330. The summed E-state index contributed by atoms with van der Waals surface area (Å²) in [6, 6.07) is 16.1. The molecule has 1 amide bonds. The molecule has 0 bridgehead atoms. The zero-order valence-electron chi connectivity index (χ0n) is 16.6. The molecule has 0 saturated carbocycles. The summed E-state index contributed by atoms with van der Waals surface area (Å²) in [5.74, 6) is 0.0430. The largest absolute Gasteiger partial charge is 0.436 e. The van der Waals surface area contributed by atoms with E-state index in [1.807, 2.05) is 32.0 Å². The predicted octanol–water partition coefficient (Wildman–Crippen LogP) is 6.55. The number of oxazole rings is 1. The first-order valence-electron chi connectivity index (χ1n) is 9.36. The Morgan fingerprint density at radius 2 is 1.81 bits per heavy atom. The molecule has 0 radical (unpaired) electrons. The van der Waals surface area contributed by atoms with Crippen LogP contribution in [-0.4, -0.2) is 16.0 Å². The van der Waals surface area contributed by atoms with Gasteiger partial charge < -0.3 is 9.73 Å². The van der Waals surface area contributed by atoms with Gasteiger partial charge in [-0.1, -0.05) is 35.3 Å². The normalized spacial score (nSPS) is 10.8. The average molecular weight is 470 g/mol. The van der Waals surface area contributed by atoms with E-state index in [1.165, 1.54) is 0 Å². The Balaban J connectivity index is 1.53. The summed E-state index contributed by atoms with van der Waals surface area (Å²) in [7, 11) is 0. The molecule has 0 aliphatic heterocycles. The lowest BCUT2D eigenvalue weighted by atomic mass is 10.1. The van der Waals surface area contributed by atoms with Crippen LogP contribution >= 0.6 is 35.4 Å². The van der Waals surface area contributed by atoms with Crippen LogP contribution in [0.2, 0.25) is 10.0 Å². The lowest BCUT2D eigenvalue weighted by Gasteiger charge is -2.11. The summed E-state index contributed by atoms with van der Waals surface area (Å²) in [6.07, 6.45) is 0. The summed E-state index contributed by atoms with van der Waals surface area (Å²) < 4.78 is 5.88. The molecule has 0 unspecified atom stereocenters. The van der Waals surface area contributed by atoms with Crippen LogP contribution in [0.1, 0.15) is 21.5 Å². The number of amides is 1. The van der Waals surface area contributed by atoms with Gasteiger partial charge in [0.15, 0.2) is 10.7 Å². The molecular formula is C23H17Cl2N3O2S. The van der Waals surface area contributed by atoms with Crippen molar-refractivity contribution in [2.45, 2.75) is 13.8 Å². The highest BCUT2D eigenvalue weighted by Crippen LogP contribution is 2.32. The van der Waals surface area contributed by atoms with E-state index in [0.717, 1.165) is 16.6 Å². The number of carbonyl (C=O) groups excluding carboxylic acids is 1. The summed E-state index contributed by atoms with van der Waals surface area (Å²) in [5, 5.41) is 6.77. The fourth-order valence-electron chi connectivity index (χ4n) is 2.99. The van der Waals surface area contributed by atoms with E-state index in [4.69, 9.17) is 39.8 Å². The van der Waals surface area contributed by atoms with Gasteiger partial charge in [-0.2, -0.15) is 0 Å². The number of nitrogens with one attached hydrogen (secondary N) is 2. The molecule has 8 heteroatoms. The molecule has 0 atom stereocenters. The molecule has 0 aliphatic rings. The van der Waals surface area contributed by atoms with Gasteiger partial charge in [0.1, 0.15) is 5.52 Å². The number of fused-ring (bicyclic) bond motifs is 1. The number of aromatic nitrogens is 1. The standard InChI is InChI=1S/C23H17Cl2N3O2S/c1-12-3-8-19-20(9-12)30-22(27-19)16-11-15(6-7-17(16)24)26-23(31)28-21(29)14-5-4-13(2)18(25)10-14/h3-11H,1-2H3,(H2,26,28,29,31). The molecule has 3 aromatic carbocycles. The van der Waals surface area contributed by atoms with Crippen molar-refractivity contribution in [2.24, 2.45) is 0 Å². The van der Waals surface area contributed by atoms with Crippen LogP contribution in [0.4, 0.5) is 5.69 Å². The first-order chi connectivity index (χ1) is 14.8. The van der Waals surface area contributed by atoms with Crippen molar-refractivity contribution in [2.75, 3.05) is 5.32 Å². The van der Waals surface area contributed by atoms with Crippen molar-refractivity contribution >= 4 is 63.2 Å². The number of benzene rings is 3. The molecule has 156 valence electrons. The summed E-state index contributed by atoms with van der Waals surface area (Å²) >= 11 is 17.8. The van der Waals surface area contributed by atoms with Gasteiger partial charge in [-0.3, -0.25) is 10.1 Å². The highest BCUT2D eigenvalue weighted by Gasteiger charge is 2.14. The van der Waals surface area contributed by atoms with Gasteiger partial charge >= 0.3 is 0 Å². The number of hydrogen-bond acceptors (Lipinski definition) is 4. The zero-order valence-corrected chi connectivity index (χ0v) is 19.0. The second-order valence-corrected chi connectivity index (χ2v) is 8.28. The van der Waals surface area contributed by atoms with Crippen LogP contribution in [-0.2, 0) is 0 Å². The molecule has 31 heavy (non-hydrogen) atoms. The minimum absolute atomic E-state index is 0.142. The van der Waals surface area contributed by atoms with E-state index >= 15 is 0 Å². The average Bonchev–Trinajstić information content (AvgIpc) is 3.14. The van der Waals surface area contributed by atoms with Crippen molar-refractivity contribution in [1.29, 1.82) is 0 Å². The third-order valence-corrected chi connectivity index (χ3v) is 5.60. The molecular weight excluding hydrogens is 453 g/mol. The quantitative estimate of drug-likeness (QED) is 0.333. The first-order valence-corrected chi connectivity index (χ1v) is 10.5. The topological polar surface area (TPSA) is 67.2 Å². The lowest BCUT2D eigenvalue weighted by Crippen LogP contribution is -2.34. The van der Waals surface area contributed by atoms with Gasteiger partial charge in [0, 0.05) is 16.3 Å². The molecule has 4 aromatic rings. The molecule has 0 aliphatic carbocycles. The number of anilines is 1. The number of thiocarbonyl (C=S) groups is 1. The van der Waals surface area contributed by atoms with Gasteiger partial charge in [0.05, 0.1) is 10.6 Å². The number of halogens is 2. The van der Waals surface area contributed by atoms with Crippen LogP contribution < -0.4 is 10.6 Å². The van der Waals surface area contributed by atoms with Crippen molar-refractivity contribution in [3.63, 3.8) is 0 Å². The molecule has 1 aromatic heterocycles. The summed E-state index contributed by atoms with van der Waals surface area (Å²) in [6.45, 7) is 3.85. The number of carbonyl (C=O) groups is 1. The maximum Gasteiger partial charge on any atom is 0.257 e. The Morgan fingerprint density at radius 1 is 1.00 bits per heavy atom. The summed E-state index contributed by atoms with van der Waals surface area (Å²) in [5.41, 5.74) is 5.05. The van der Waals surface area contributed by atoms with Gasteiger partial charge in [-0.15, -0.1) is 0 Å². The SMILES string of the molecule is Cc1ccc2nc(-c3cc(NC(=S)NC(=O)c4ccc(C)c(Cl)c4)ccc3Cl)oc2c1. The fourth-order valence-corrected chi connectivity index (χ4v) is 3.58. The fraction of sp³-hybridized carbons (Fsp3) is 0.0870. The van der Waals surface area contributed by atoms with Crippen LogP contribution in [0.5, 0.6) is 0 Å². The molecule has 0 spiro atoms. The third-order valence-electron chi connectivity index (χ3n) is 4.66. The van der Waals surface area contributed by atoms with E-state index in [0.29, 0.717) is 38.3 Å². The predicted molar refractivity (Wildman–Crippen MR) is 129 cm³/mol. The van der Waals surface area contributed by atoms with Crippen LogP contribution in [0.3, 0.4) is 0 Å². The number of hydrogen-bond donors (Lipinski definition) is 2. The third kappa shape index (κ3) is 4.71. The second kappa shape index (κ2) is 8.67. The Kier molecular flexibility index (Phi) is 5.96. The van der Waals surface area contributed by atoms with Crippen LogP contribution in [0.25, 0.3) is 22.6 Å². The molecule has 2 N–H and O–H groups in total. The van der Waals surface area contributed by atoms with Crippen molar-refractivity contribution < 1.29 is 9.21 Å². The maximum atomic E-state index is 12.4. The van der Waals surface area contributed by atoms with Crippen molar-refractivity contribution in [3.05, 3.63) is 81.3 Å². The van der Waals surface area contributed by atoms with E-state index in [2.05, 4.69) is 15.6 Å². The van der Waals surface area contributed by atoms with Crippen LogP contribution in [0, 0.1) is 13.8 Å². The Labute approximate surface area is 194 Å². The van der Waals surface area contributed by atoms with Crippen LogP contribution in [0.15, 0.2) is 59.0 Å². The smallest absolute Gasteiger partial charge is 0.257 e. The molecule has 4 rings (SSSR count). The van der Waals surface area contributed by atoms with Crippen molar-refractivity contribution in [1.82, 2.24) is 10.3 Å². The number of nitrogens with zero attached hydrogens (tertiary/aromatic N) is 1. The maximum absolute atomic E-state index is 12.4. The number of rotatable bonds is 3. The van der Waals surface area contributed by atoms with Gasteiger partial charge in [0.25, 0.3) is 5.91 Å². The lowest BCUT2D eigenvalue weighted by molar-refractivity contribution is 0.0977. The number of aryl methyl sites for hydroxylation is 2. The monoisotopic (exact) mass is 469 g/mol. The molecule has 0 saturated heterocycles. The van der Waals surface area contributed by atoms with Gasteiger partial charge in [0.2, 0.25) is 5.89 Å². The second-order valence-electron chi connectivity index (χ2n) is 7.06. The molecule has 5 nitrogen and oxygen atoms in total. The minimum atomic E-state index is -0.358. The highest BCUT2D eigenvalue weighted by molar-refractivity contribution is 7.80. The van der Waals surface area contributed by atoms with E-state index in [1.54, 1.807) is 36.4 Å². The summed E-state index contributed by atoms with van der Waals surface area (Å²) in [4.78, 5) is 16.9. The van der Waals surface area contributed by atoms with E-state index < -0.39 is 0 Å². The molecule has 1 heterocycles. The van der Waals surface area contributed by atoms with Crippen molar-refractivity contribution in [3.8, 4) is 11.5 Å². The highest BCUT2D eigenvalue weighted by atomic mass is 35.5. The van der Waals surface area contributed by atoms with Gasteiger partial charge in [-0.05, 0) is 79.7 Å². The Hall–Kier alpha value is -2.93.